The molecular weight excluding hydrogens is 270 g/mol. The molecule has 0 fully saturated rings. The third-order valence-corrected chi connectivity index (χ3v) is 3.46. The number of carboxylic acids is 1. The number of rotatable bonds is 7. The van der Waals surface area contributed by atoms with Crippen LogP contribution in [-0.4, -0.2) is 38.0 Å². The van der Waals surface area contributed by atoms with E-state index in [0.29, 0.717) is 5.69 Å². The van der Waals surface area contributed by atoms with Crippen LogP contribution in [0.3, 0.4) is 0 Å². The Morgan fingerprint density at radius 2 is 1.89 bits per heavy atom. The van der Waals surface area contributed by atoms with E-state index in [9.17, 15) is 13.2 Å². The largest absolute Gasteiger partial charge is 0.478 e. The molecule has 0 bridgehead atoms. The van der Waals surface area contributed by atoms with Gasteiger partial charge in [-0.2, -0.15) is 0 Å². The SMILES string of the molecule is CC(C)OCCS(=O)(=O)Nc1ccc(C(=O)O)cc1. The molecule has 0 atom stereocenters. The predicted octanol–water partition coefficient (Wildman–Crippen LogP) is 1.55. The van der Waals surface area contributed by atoms with Crippen molar-refractivity contribution in [3.63, 3.8) is 0 Å². The molecule has 106 valence electrons. The molecule has 0 unspecified atom stereocenters. The van der Waals surface area contributed by atoms with E-state index in [1.807, 2.05) is 13.8 Å². The summed E-state index contributed by atoms with van der Waals surface area (Å²) in [5, 5.41) is 8.72. The van der Waals surface area contributed by atoms with Crippen molar-refractivity contribution in [3.8, 4) is 0 Å². The van der Waals surface area contributed by atoms with Crippen LogP contribution in [0.25, 0.3) is 0 Å². The summed E-state index contributed by atoms with van der Waals surface area (Å²) >= 11 is 0. The number of carbonyl (C=O) groups is 1. The molecule has 0 saturated carbocycles. The molecule has 1 aromatic carbocycles. The maximum atomic E-state index is 11.7. The van der Waals surface area contributed by atoms with E-state index in [4.69, 9.17) is 9.84 Å². The van der Waals surface area contributed by atoms with Gasteiger partial charge in [0, 0.05) is 5.69 Å². The van der Waals surface area contributed by atoms with Gasteiger partial charge >= 0.3 is 5.97 Å². The van der Waals surface area contributed by atoms with E-state index in [1.165, 1.54) is 24.3 Å². The molecule has 0 radical (unpaired) electrons. The smallest absolute Gasteiger partial charge is 0.335 e. The third-order valence-electron chi connectivity index (χ3n) is 2.21. The Bertz CT molecular complexity index is 522. The number of aromatic carboxylic acids is 1. The Morgan fingerprint density at radius 3 is 2.37 bits per heavy atom. The van der Waals surface area contributed by atoms with Gasteiger partial charge in [0.15, 0.2) is 0 Å². The molecule has 1 aromatic rings. The highest BCUT2D eigenvalue weighted by molar-refractivity contribution is 7.92. The Kier molecular flexibility index (Phi) is 5.31. The van der Waals surface area contributed by atoms with E-state index < -0.39 is 16.0 Å². The lowest BCUT2D eigenvalue weighted by atomic mass is 10.2. The first-order chi connectivity index (χ1) is 8.80. The zero-order valence-corrected chi connectivity index (χ0v) is 11.6. The minimum Gasteiger partial charge on any atom is -0.478 e. The van der Waals surface area contributed by atoms with Crippen LogP contribution in [0, 0.1) is 0 Å². The van der Waals surface area contributed by atoms with Gasteiger partial charge in [0.1, 0.15) is 0 Å². The summed E-state index contributed by atoms with van der Waals surface area (Å²) in [6.45, 7) is 3.76. The molecule has 1 rings (SSSR count). The molecule has 0 heterocycles. The van der Waals surface area contributed by atoms with Gasteiger partial charge in [-0.3, -0.25) is 4.72 Å². The van der Waals surface area contributed by atoms with Crippen molar-refractivity contribution >= 4 is 21.7 Å². The van der Waals surface area contributed by atoms with Crippen LogP contribution < -0.4 is 4.72 Å². The average molecular weight is 287 g/mol. The number of benzene rings is 1. The fraction of sp³-hybridized carbons (Fsp3) is 0.417. The van der Waals surface area contributed by atoms with Gasteiger partial charge in [-0.15, -0.1) is 0 Å². The fourth-order valence-electron chi connectivity index (χ4n) is 1.30. The maximum Gasteiger partial charge on any atom is 0.335 e. The standard InChI is InChI=1S/C12H17NO5S/c1-9(2)18-7-8-19(16,17)13-11-5-3-10(4-6-11)12(14)15/h3-6,9,13H,7-8H2,1-2H3,(H,14,15). The first kappa shape index (κ1) is 15.5. The number of hydrogen-bond donors (Lipinski definition) is 2. The second-order valence-electron chi connectivity index (χ2n) is 4.22. The van der Waals surface area contributed by atoms with Crippen molar-refractivity contribution in [1.82, 2.24) is 0 Å². The van der Waals surface area contributed by atoms with Crippen LogP contribution in [0.4, 0.5) is 5.69 Å². The minimum absolute atomic E-state index is 0.0231. The van der Waals surface area contributed by atoms with Crippen LogP contribution in [0.1, 0.15) is 24.2 Å². The van der Waals surface area contributed by atoms with E-state index in [1.54, 1.807) is 0 Å². The summed E-state index contributed by atoms with van der Waals surface area (Å²) in [5.41, 5.74) is 0.431. The van der Waals surface area contributed by atoms with Crippen LogP contribution in [0.15, 0.2) is 24.3 Å². The molecule has 2 N–H and O–H groups in total. The highest BCUT2D eigenvalue weighted by Crippen LogP contribution is 2.11. The predicted molar refractivity (Wildman–Crippen MR) is 71.9 cm³/mol. The van der Waals surface area contributed by atoms with Crippen LogP contribution in [0.2, 0.25) is 0 Å². The lowest BCUT2D eigenvalue weighted by molar-refractivity contribution is 0.0697. The van der Waals surface area contributed by atoms with E-state index >= 15 is 0 Å². The molecule has 0 aromatic heterocycles. The lowest BCUT2D eigenvalue weighted by Gasteiger charge is -2.10. The zero-order valence-electron chi connectivity index (χ0n) is 10.8. The molecule has 0 aliphatic rings. The third kappa shape index (κ3) is 5.71. The highest BCUT2D eigenvalue weighted by Gasteiger charge is 2.11. The second-order valence-corrected chi connectivity index (χ2v) is 6.06. The van der Waals surface area contributed by atoms with Crippen molar-refractivity contribution in [3.05, 3.63) is 29.8 Å². The number of sulfonamides is 1. The molecule has 0 aliphatic carbocycles. The highest BCUT2D eigenvalue weighted by atomic mass is 32.2. The van der Waals surface area contributed by atoms with Gasteiger partial charge in [0.05, 0.1) is 24.0 Å². The lowest BCUT2D eigenvalue weighted by Crippen LogP contribution is -2.21. The van der Waals surface area contributed by atoms with Crippen molar-refractivity contribution in [1.29, 1.82) is 0 Å². The van der Waals surface area contributed by atoms with E-state index in [0.717, 1.165) is 0 Å². The molecule has 6 nitrogen and oxygen atoms in total. The Morgan fingerprint density at radius 1 is 1.32 bits per heavy atom. The maximum absolute atomic E-state index is 11.7. The van der Waals surface area contributed by atoms with Crippen LogP contribution >= 0.6 is 0 Å². The Hall–Kier alpha value is -1.60. The number of hydrogen-bond acceptors (Lipinski definition) is 4. The van der Waals surface area contributed by atoms with Crippen LogP contribution in [0.5, 0.6) is 0 Å². The summed E-state index contributed by atoms with van der Waals surface area (Å²) in [5.74, 6) is -1.20. The molecule has 19 heavy (non-hydrogen) atoms. The topological polar surface area (TPSA) is 92.7 Å². The monoisotopic (exact) mass is 287 g/mol. The summed E-state index contributed by atoms with van der Waals surface area (Å²) in [4.78, 5) is 10.6. The molecule has 0 aliphatic heterocycles. The van der Waals surface area contributed by atoms with Gasteiger partial charge in [0.2, 0.25) is 10.0 Å². The van der Waals surface area contributed by atoms with Gasteiger partial charge in [-0.25, -0.2) is 13.2 Å². The molecule has 0 amide bonds. The summed E-state index contributed by atoms with van der Waals surface area (Å²) in [6, 6.07) is 5.49. The van der Waals surface area contributed by atoms with Crippen molar-refractivity contribution < 1.29 is 23.1 Å². The normalized spacial score (nSPS) is 11.5. The average Bonchev–Trinajstić information content (AvgIpc) is 2.28. The van der Waals surface area contributed by atoms with Gasteiger partial charge in [-0.1, -0.05) is 0 Å². The molecule has 7 heteroatoms. The van der Waals surface area contributed by atoms with Crippen molar-refractivity contribution in [2.75, 3.05) is 17.1 Å². The zero-order chi connectivity index (χ0) is 14.5. The first-order valence-corrected chi connectivity index (χ1v) is 7.41. The summed E-state index contributed by atoms with van der Waals surface area (Å²) in [7, 11) is -3.49. The van der Waals surface area contributed by atoms with E-state index in [-0.39, 0.29) is 24.0 Å². The number of ether oxygens (including phenoxy) is 1. The molecule has 0 spiro atoms. The second kappa shape index (κ2) is 6.53. The quantitative estimate of drug-likeness (QED) is 0.793. The number of nitrogens with one attached hydrogen (secondary N) is 1. The Labute approximate surface area is 112 Å². The van der Waals surface area contributed by atoms with Crippen molar-refractivity contribution in [2.24, 2.45) is 0 Å². The molecule has 0 saturated heterocycles. The van der Waals surface area contributed by atoms with Gasteiger partial charge < -0.3 is 9.84 Å². The van der Waals surface area contributed by atoms with Crippen molar-refractivity contribution in [2.45, 2.75) is 20.0 Å². The number of carboxylic acid groups (broad SMARTS) is 1. The van der Waals surface area contributed by atoms with Crippen LogP contribution in [-0.2, 0) is 14.8 Å². The first-order valence-electron chi connectivity index (χ1n) is 5.75. The minimum atomic E-state index is -3.49. The fourth-order valence-corrected chi connectivity index (χ4v) is 2.22. The van der Waals surface area contributed by atoms with E-state index in [2.05, 4.69) is 4.72 Å². The van der Waals surface area contributed by atoms with Gasteiger partial charge in [-0.05, 0) is 38.1 Å². The molecular formula is C12H17NO5S. The summed E-state index contributed by atoms with van der Waals surface area (Å²) < 4.78 is 30.9. The Balaban J connectivity index is 2.60. The summed E-state index contributed by atoms with van der Waals surface area (Å²) in [6.07, 6.45) is -0.0231. The number of anilines is 1. The van der Waals surface area contributed by atoms with Gasteiger partial charge in [0.25, 0.3) is 0 Å².